The van der Waals surface area contributed by atoms with Crippen LogP contribution < -0.4 is 0 Å². The van der Waals surface area contributed by atoms with Gasteiger partial charge in [0, 0.05) is 0 Å². The summed E-state index contributed by atoms with van der Waals surface area (Å²) in [5.74, 6) is 4.13. The van der Waals surface area contributed by atoms with Crippen molar-refractivity contribution in [1.82, 2.24) is 0 Å². The molecule has 0 spiro atoms. The van der Waals surface area contributed by atoms with Crippen molar-refractivity contribution < 1.29 is 0 Å². The molecule has 0 radical (unpaired) electrons. The summed E-state index contributed by atoms with van der Waals surface area (Å²) in [6, 6.07) is 0. The molecule has 1 saturated carbocycles. The summed E-state index contributed by atoms with van der Waals surface area (Å²) < 4.78 is 0. The highest BCUT2D eigenvalue weighted by Crippen LogP contribution is 2.45. The van der Waals surface area contributed by atoms with Crippen LogP contribution in [0.3, 0.4) is 0 Å². The third-order valence-corrected chi connectivity index (χ3v) is 4.75. The molecule has 4 unspecified atom stereocenters. The summed E-state index contributed by atoms with van der Waals surface area (Å²) in [7, 11) is 0. The predicted octanol–water partition coefficient (Wildman–Crippen LogP) is 6.06. The first-order chi connectivity index (χ1) is 8.17. The molecular formula is C17H34. The first-order valence-electron chi connectivity index (χ1n) is 8.17. The molecule has 0 aromatic rings. The Balaban J connectivity index is 1.91. The SMILES string of the molecule is CCCC1CC1CCCCC(C)CC(C)CC. The summed E-state index contributed by atoms with van der Waals surface area (Å²) in [6.07, 6.45) is 13.2. The fraction of sp³-hybridized carbons (Fsp3) is 1.00. The Hall–Kier alpha value is 0. The lowest BCUT2D eigenvalue weighted by Gasteiger charge is -2.15. The van der Waals surface area contributed by atoms with Crippen LogP contribution in [0.25, 0.3) is 0 Å². The molecule has 0 nitrogen and oxygen atoms in total. The summed E-state index contributed by atoms with van der Waals surface area (Å²) in [5.41, 5.74) is 0. The van der Waals surface area contributed by atoms with Gasteiger partial charge in [0.15, 0.2) is 0 Å². The minimum Gasteiger partial charge on any atom is -0.0654 e. The molecule has 0 amide bonds. The first kappa shape index (κ1) is 15.1. The predicted molar refractivity (Wildman–Crippen MR) is 78.2 cm³/mol. The second-order valence-corrected chi connectivity index (χ2v) is 6.68. The van der Waals surface area contributed by atoms with E-state index in [1.54, 1.807) is 6.42 Å². The molecule has 0 aliphatic heterocycles. The van der Waals surface area contributed by atoms with Gasteiger partial charge in [-0.3, -0.25) is 0 Å². The van der Waals surface area contributed by atoms with Gasteiger partial charge in [-0.1, -0.05) is 72.6 Å². The maximum absolute atomic E-state index is 2.45. The van der Waals surface area contributed by atoms with Crippen LogP contribution in [0, 0.1) is 23.7 Å². The van der Waals surface area contributed by atoms with Crippen molar-refractivity contribution in [2.75, 3.05) is 0 Å². The van der Waals surface area contributed by atoms with E-state index in [-0.39, 0.29) is 0 Å². The van der Waals surface area contributed by atoms with E-state index in [1.165, 1.54) is 51.4 Å². The highest BCUT2D eigenvalue weighted by atomic mass is 14.4. The number of unbranched alkanes of at least 4 members (excludes halogenated alkanes) is 1. The molecule has 1 aliphatic carbocycles. The van der Waals surface area contributed by atoms with Crippen LogP contribution in [0.5, 0.6) is 0 Å². The minimum atomic E-state index is 0.933. The normalized spacial score (nSPS) is 26.8. The number of rotatable bonds is 10. The van der Waals surface area contributed by atoms with Crippen LogP contribution in [0.1, 0.15) is 85.5 Å². The summed E-state index contributed by atoms with van der Waals surface area (Å²) >= 11 is 0. The Morgan fingerprint density at radius 3 is 2.29 bits per heavy atom. The molecule has 1 fully saturated rings. The van der Waals surface area contributed by atoms with Crippen LogP contribution in [0.15, 0.2) is 0 Å². The van der Waals surface area contributed by atoms with E-state index in [4.69, 9.17) is 0 Å². The summed E-state index contributed by atoms with van der Waals surface area (Å²) in [5, 5.41) is 0. The lowest BCUT2D eigenvalue weighted by Crippen LogP contribution is -2.02. The van der Waals surface area contributed by atoms with Crippen molar-refractivity contribution in [1.29, 1.82) is 0 Å². The number of hydrogen-bond donors (Lipinski definition) is 0. The zero-order valence-corrected chi connectivity index (χ0v) is 12.7. The van der Waals surface area contributed by atoms with E-state index in [0.29, 0.717) is 0 Å². The van der Waals surface area contributed by atoms with E-state index in [9.17, 15) is 0 Å². The highest BCUT2D eigenvalue weighted by Gasteiger charge is 2.34. The van der Waals surface area contributed by atoms with Gasteiger partial charge in [-0.2, -0.15) is 0 Å². The van der Waals surface area contributed by atoms with E-state index in [2.05, 4.69) is 27.7 Å². The van der Waals surface area contributed by atoms with Crippen molar-refractivity contribution in [2.45, 2.75) is 85.5 Å². The van der Waals surface area contributed by atoms with Gasteiger partial charge in [0.1, 0.15) is 0 Å². The molecule has 0 aromatic heterocycles. The minimum absolute atomic E-state index is 0.933. The van der Waals surface area contributed by atoms with Crippen LogP contribution in [-0.4, -0.2) is 0 Å². The fourth-order valence-corrected chi connectivity index (χ4v) is 3.26. The van der Waals surface area contributed by atoms with Crippen LogP contribution in [0.2, 0.25) is 0 Å². The maximum Gasteiger partial charge on any atom is -0.0383 e. The van der Waals surface area contributed by atoms with Gasteiger partial charge in [0.25, 0.3) is 0 Å². The van der Waals surface area contributed by atoms with Gasteiger partial charge < -0.3 is 0 Å². The zero-order valence-electron chi connectivity index (χ0n) is 12.7. The topological polar surface area (TPSA) is 0 Å². The molecule has 4 atom stereocenters. The number of hydrogen-bond acceptors (Lipinski definition) is 0. The third-order valence-electron chi connectivity index (χ3n) is 4.75. The standard InChI is InChI=1S/C17H34/c1-5-9-16-13-17(16)11-8-7-10-15(4)12-14(3)6-2/h14-17H,5-13H2,1-4H3. The van der Waals surface area contributed by atoms with Crippen molar-refractivity contribution in [3.63, 3.8) is 0 Å². The highest BCUT2D eigenvalue weighted by molar-refractivity contribution is 4.85. The van der Waals surface area contributed by atoms with Gasteiger partial charge in [0.2, 0.25) is 0 Å². The Morgan fingerprint density at radius 2 is 1.65 bits per heavy atom. The zero-order chi connectivity index (χ0) is 12.7. The molecule has 1 aliphatic rings. The lowest BCUT2D eigenvalue weighted by atomic mass is 9.91. The molecule has 102 valence electrons. The summed E-state index contributed by atoms with van der Waals surface area (Å²) in [6.45, 7) is 9.49. The Kier molecular flexibility index (Phi) is 7.23. The summed E-state index contributed by atoms with van der Waals surface area (Å²) in [4.78, 5) is 0. The van der Waals surface area contributed by atoms with Gasteiger partial charge in [-0.05, 0) is 36.5 Å². The van der Waals surface area contributed by atoms with E-state index >= 15 is 0 Å². The first-order valence-corrected chi connectivity index (χ1v) is 8.17. The van der Waals surface area contributed by atoms with E-state index in [0.717, 1.165) is 23.7 Å². The van der Waals surface area contributed by atoms with E-state index in [1.807, 2.05) is 0 Å². The van der Waals surface area contributed by atoms with Gasteiger partial charge in [0.05, 0.1) is 0 Å². The molecule has 0 N–H and O–H groups in total. The molecule has 0 heterocycles. The quantitative estimate of drug-likeness (QED) is 0.406. The molecule has 0 bridgehead atoms. The van der Waals surface area contributed by atoms with Crippen molar-refractivity contribution in [3.05, 3.63) is 0 Å². The average Bonchev–Trinajstić information content (AvgIpc) is 3.03. The van der Waals surface area contributed by atoms with Crippen LogP contribution in [-0.2, 0) is 0 Å². The van der Waals surface area contributed by atoms with Gasteiger partial charge in [-0.25, -0.2) is 0 Å². The van der Waals surface area contributed by atoms with Crippen molar-refractivity contribution in [2.24, 2.45) is 23.7 Å². The molecule has 0 heteroatoms. The Morgan fingerprint density at radius 1 is 0.941 bits per heavy atom. The monoisotopic (exact) mass is 238 g/mol. The largest absolute Gasteiger partial charge is 0.0654 e. The molecule has 0 saturated heterocycles. The molecule has 1 rings (SSSR count). The van der Waals surface area contributed by atoms with Gasteiger partial charge >= 0.3 is 0 Å². The smallest absolute Gasteiger partial charge is 0.0383 e. The third kappa shape index (κ3) is 6.48. The lowest BCUT2D eigenvalue weighted by molar-refractivity contribution is 0.373. The Bertz CT molecular complexity index is 184. The molecule has 17 heavy (non-hydrogen) atoms. The van der Waals surface area contributed by atoms with Crippen LogP contribution in [0.4, 0.5) is 0 Å². The van der Waals surface area contributed by atoms with Crippen LogP contribution >= 0.6 is 0 Å². The second-order valence-electron chi connectivity index (χ2n) is 6.68. The average molecular weight is 238 g/mol. The fourth-order valence-electron chi connectivity index (χ4n) is 3.26. The van der Waals surface area contributed by atoms with Gasteiger partial charge in [-0.15, -0.1) is 0 Å². The van der Waals surface area contributed by atoms with Crippen molar-refractivity contribution >= 4 is 0 Å². The van der Waals surface area contributed by atoms with E-state index < -0.39 is 0 Å². The molecular weight excluding hydrogens is 204 g/mol. The van der Waals surface area contributed by atoms with Crippen molar-refractivity contribution in [3.8, 4) is 0 Å². The Labute approximate surface area is 110 Å². The second kappa shape index (κ2) is 8.16. The maximum atomic E-state index is 2.45. The molecule has 0 aromatic carbocycles.